The molecule has 0 saturated carbocycles. The minimum atomic E-state index is -0.934. The number of nitrogens with two attached hydrogens (primary N) is 1. The molecule has 1 aromatic carbocycles. The summed E-state index contributed by atoms with van der Waals surface area (Å²) in [6.45, 7) is 2.61. The van der Waals surface area contributed by atoms with Crippen molar-refractivity contribution in [2.45, 2.75) is 32.2 Å². The molecule has 0 aliphatic rings. The van der Waals surface area contributed by atoms with Crippen LogP contribution in [-0.4, -0.2) is 23.7 Å². The Hall–Kier alpha value is -1.55. The van der Waals surface area contributed by atoms with E-state index in [4.69, 9.17) is 15.6 Å². The van der Waals surface area contributed by atoms with Gasteiger partial charge in [-0.15, -0.1) is 0 Å². The van der Waals surface area contributed by atoms with E-state index in [-0.39, 0.29) is 0 Å². The maximum absolute atomic E-state index is 10.5. The fourth-order valence-electron chi connectivity index (χ4n) is 1.57. The van der Waals surface area contributed by atoms with E-state index in [1.807, 2.05) is 31.2 Å². The number of aryl methyl sites for hydroxylation is 1. The first-order valence-electron chi connectivity index (χ1n) is 5.83. The van der Waals surface area contributed by atoms with Gasteiger partial charge in [-0.2, -0.15) is 0 Å². The third-order valence-electron chi connectivity index (χ3n) is 2.53. The lowest BCUT2D eigenvalue weighted by Gasteiger charge is -2.07. The SMILES string of the molecule is CCOc1ccc(CCCC(N)C(=O)O)cc1. The minimum Gasteiger partial charge on any atom is -0.494 e. The summed E-state index contributed by atoms with van der Waals surface area (Å²) >= 11 is 0. The smallest absolute Gasteiger partial charge is 0.320 e. The summed E-state index contributed by atoms with van der Waals surface area (Å²) in [5, 5.41) is 8.63. The molecule has 3 N–H and O–H groups in total. The summed E-state index contributed by atoms with van der Waals surface area (Å²) in [4.78, 5) is 10.5. The Morgan fingerprint density at radius 2 is 2.06 bits per heavy atom. The topological polar surface area (TPSA) is 72.5 Å². The first-order valence-corrected chi connectivity index (χ1v) is 5.83. The standard InChI is InChI=1S/C13H19NO3/c1-2-17-11-8-6-10(7-9-11)4-3-5-12(14)13(15)16/h6-9,12H,2-5,14H2,1H3,(H,15,16). The molecule has 0 radical (unpaired) electrons. The van der Waals surface area contributed by atoms with Crippen molar-refractivity contribution in [1.82, 2.24) is 0 Å². The molecule has 1 rings (SSSR count). The van der Waals surface area contributed by atoms with E-state index in [9.17, 15) is 4.79 Å². The number of benzene rings is 1. The molecule has 0 amide bonds. The van der Waals surface area contributed by atoms with Crippen LogP contribution in [0.4, 0.5) is 0 Å². The van der Waals surface area contributed by atoms with Gasteiger partial charge in [0.15, 0.2) is 0 Å². The first-order chi connectivity index (χ1) is 8.13. The number of ether oxygens (including phenoxy) is 1. The van der Waals surface area contributed by atoms with Crippen molar-refractivity contribution < 1.29 is 14.6 Å². The molecule has 1 unspecified atom stereocenters. The van der Waals surface area contributed by atoms with Gasteiger partial charge >= 0.3 is 5.97 Å². The summed E-state index contributed by atoms with van der Waals surface area (Å²) in [7, 11) is 0. The van der Waals surface area contributed by atoms with Gasteiger partial charge in [-0.05, 0) is 43.9 Å². The molecule has 0 spiro atoms. The van der Waals surface area contributed by atoms with Gasteiger partial charge in [-0.25, -0.2) is 0 Å². The van der Waals surface area contributed by atoms with Gasteiger partial charge in [-0.1, -0.05) is 12.1 Å². The third kappa shape index (κ3) is 4.87. The third-order valence-corrected chi connectivity index (χ3v) is 2.53. The second kappa shape index (κ2) is 6.91. The number of aliphatic carboxylic acids is 1. The van der Waals surface area contributed by atoms with Gasteiger partial charge in [0.1, 0.15) is 11.8 Å². The number of hydrogen-bond acceptors (Lipinski definition) is 3. The second-order valence-electron chi connectivity index (χ2n) is 3.91. The normalized spacial score (nSPS) is 12.1. The van der Waals surface area contributed by atoms with Crippen molar-refractivity contribution in [1.29, 1.82) is 0 Å². The second-order valence-corrected chi connectivity index (χ2v) is 3.91. The molecule has 17 heavy (non-hydrogen) atoms. The van der Waals surface area contributed by atoms with Gasteiger partial charge in [0.05, 0.1) is 6.61 Å². The Morgan fingerprint density at radius 1 is 1.41 bits per heavy atom. The Labute approximate surface area is 101 Å². The van der Waals surface area contributed by atoms with Gasteiger partial charge in [-0.3, -0.25) is 4.79 Å². The van der Waals surface area contributed by atoms with E-state index >= 15 is 0 Å². The predicted molar refractivity (Wildman–Crippen MR) is 66.2 cm³/mol. The van der Waals surface area contributed by atoms with Crippen LogP contribution in [0.15, 0.2) is 24.3 Å². The zero-order valence-corrected chi connectivity index (χ0v) is 10.1. The van der Waals surface area contributed by atoms with E-state index in [1.165, 1.54) is 5.56 Å². The highest BCUT2D eigenvalue weighted by Crippen LogP contribution is 2.14. The molecule has 0 fully saturated rings. The zero-order chi connectivity index (χ0) is 12.7. The van der Waals surface area contributed by atoms with Crippen molar-refractivity contribution in [3.05, 3.63) is 29.8 Å². The van der Waals surface area contributed by atoms with E-state index in [2.05, 4.69) is 0 Å². The lowest BCUT2D eigenvalue weighted by Crippen LogP contribution is -2.29. The molecule has 4 heteroatoms. The molecular weight excluding hydrogens is 218 g/mol. The molecule has 1 atom stereocenters. The van der Waals surface area contributed by atoms with Gasteiger partial charge in [0.25, 0.3) is 0 Å². The van der Waals surface area contributed by atoms with Gasteiger partial charge in [0, 0.05) is 0 Å². The molecular formula is C13H19NO3. The van der Waals surface area contributed by atoms with Crippen LogP contribution in [0, 0.1) is 0 Å². The lowest BCUT2D eigenvalue weighted by molar-refractivity contribution is -0.138. The number of rotatable bonds is 7. The highest BCUT2D eigenvalue weighted by atomic mass is 16.5. The van der Waals surface area contributed by atoms with Crippen molar-refractivity contribution in [3.8, 4) is 5.75 Å². The summed E-state index contributed by atoms with van der Waals surface area (Å²) in [6.07, 6.45) is 2.12. The van der Waals surface area contributed by atoms with Crippen LogP contribution >= 0.6 is 0 Å². The summed E-state index contributed by atoms with van der Waals surface area (Å²) in [5.74, 6) is -0.0739. The Kier molecular flexibility index (Phi) is 5.49. The van der Waals surface area contributed by atoms with Crippen LogP contribution in [0.2, 0.25) is 0 Å². The van der Waals surface area contributed by atoms with E-state index < -0.39 is 12.0 Å². The van der Waals surface area contributed by atoms with Crippen LogP contribution in [0.3, 0.4) is 0 Å². The Morgan fingerprint density at radius 3 is 2.59 bits per heavy atom. The highest BCUT2D eigenvalue weighted by Gasteiger charge is 2.10. The van der Waals surface area contributed by atoms with Crippen LogP contribution in [0.25, 0.3) is 0 Å². The molecule has 1 aromatic rings. The van der Waals surface area contributed by atoms with Crippen LogP contribution in [0.1, 0.15) is 25.3 Å². The number of carboxylic acid groups (broad SMARTS) is 1. The molecule has 0 heterocycles. The van der Waals surface area contributed by atoms with Crippen molar-refractivity contribution in [2.75, 3.05) is 6.61 Å². The number of carbonyl (C=O) groups is 1. The maximum Gasteiger partial charge on any atom is 0.320 e. The first kappa shape index (κ1) is 13.5. The maximum atomic E-state index is 10.5. The fraction of sp³-hybridized carbons (Fsp3) is 0.462. The fourth-order valence-corrected chi connectivity index (χ4v) is 1.57. The molecule has 4 nitrogen and oxygen atoms in total. The monoisotopic (exact) mass is 237 g/mol. The average Bonchev–Trinajstić information content (AvgIpc) is 2.31. The largest absolute Gasteiger partial charge is 0.494 e. The predicted octanol–water partition coefficient (Wildman–Crippen LogP) is 1.82. The van der Waals surface area contributed by atoms with Crippen LogP contribution in [0.5, 0.6) is 5.75 Å². The molecule has 0 aliphatic heterocycles. The minimum absolute atomic E-state index is 0.503. The van der Waals surface area contributed by atoms with Crippen molar-refractivity contribution >= 4 is 5.97 Å². The molecule has 0 saturated heterocycles. The quantitative estimate of drug-likeness (QED) is 0.758. The zero-order valence-electron chi connectivity index (χ0n) is 10.1. The molecule has 0 aliphatic carbocycles. The van der Waals surface area contributed by atoms with Gasteiger partial charge < -0.3 is 15.6 Å². The summed E-state index contributed by atoms with van der Waals surface area (Å²) in [5.41, 5.74) is 6.60. The summed E-state index contributed by atoms with van der Waals surface area (Å²) in [6, 6.07) is 7.10. The molecule has 0 aromatic heterocycles. The Balaban J connectivity index is 2.34. The average molecular weight is 237 g/mol. The molecule has 94 valence electrons. The van der Waals surface area contributed by atoms with E-state index in [0.29, 0.717) is 13.0 Å². The number of hydrogen-bond donors (Lipinski definition) is 2. The number of carboxylic acids is 1. The van der Waals surface area contributed by atoms with Gasteiger partial charge in [0.2, 0.25) is 0 Å². The molecule has 0 bridgehead atoms. The van der Waals surface area contributed by atoms with Crippen molar-refractivity contribution in [3.63, 3.8) is 0 Å². The highest BCUT2D eigenvalue weighted by molar-refractivity contribution is 5.72. The van der Waals surface area contributed by atoms with Crippen molar-refractivity contribution in [2.24, 2.45) is 5.73 Å². The van der Waals surface area contributed by atoms with Crippen LogP contribution < -0.4 is 10.5 Å². The van der Waals surface area contributed by atoms with E-state index in [0.717, 1.165) is 18.6 Å². The van der Waals surface area contributed by atoms with Crippen LogP contribution in [-0.2, 0) is 11.2 Å². The van der Waals surface area contributed by atoms with E-state index in [1.54, 1.807) is 0 Å². The summed E-state index contributed by atoms with van der Waals surface area (Å²) < 4.78 is 5.34. The lowest BCUT2D eigenvalue weighted by atomic mass is 10.1. The Bertz CT molecular complexity index is 348.